The second-order valence-corrected chi connectivity index (χ2v) is 26.1. The van der Waals surface area contributed by atoms with Crippen LogP contribution < -0.4 is 0 Å². The van der Waals surface area contributed by atoms with Gasteiger partial charge in [-0.3, -0.25) is 32.5 Å². The van der Waals surface area contributed by atoms with Crippen molar-refractivity contribution in [3.63, 3.8) is 0 Å². The molecule has 5 atom stereocenters. The molecule has 0 fully saturated rings. The quantitative estimate of drug-likeness (QED) is 0.0146. The summed E-state index contributed by atoms with van der Waals surface area (Å²) in [5.41, 5.74) is 0. The highest BCUT2D eigenvalue weighted by atomic mass is 31.2. The third-order valence-corrected chi connectivity index (χ3v) is 16.0. The fourth-order valence-electron chi connectivity index (χ4n) is 8.71. The number of hydrogen-bond acceptors (Lipinski definition) is 14. The van der Waals surface area contributed by atoms with Crippen molar-refractivity contribution in [2.45, 2.75) is 257 Å². The number of carbonyl (C=O) groups is 3. The predicted molar refractivity (Wildman–Crippen MR) is 398 cm³/mol. The van der Waals surface area contributed by atoms with Gasteiger partial charge in [-0.05, 0) is 154 Å². The highest BCUT2D eigenvalue weighted by Gasteiger charge is 2.29. The van der Waals surface area contributed by atoms with Crippen molar-refractivity contribution in [1.29, 1.82) is 0 Å². The Balaban J connectivity index is 4.81. The molecule has 548 valence electrons. The van der Waals surface area contributed by atoms with E-state index in [1.54, 1.807) is 0 Å². The molecule has 0 aliphatic heterocycles. The van der Waals surface area contributed by atoms with Crippen LogP contribution in [0, 0.1) is 0 Å². The van der Waals surface area contributed by atoms with E-state index in [1.165, 1.54) is 0 Å². The topological polar surface area (TPSA) is 231 Å². The minimum absolute atomic E-state index is 0.0521. The largest absolute Gasteiger partial charge is 0.472 e. The van der Waals surface area contributed by atoms with Crippen molar-refractivity contribution >= 4 is 33.6 Å². The van der Waals surface area contributed by atoms with Gasteiger partial charge in [0.25, 0.3) is 0 Å². The summed E-state index contributed by atoms with van der Waals surface area (Å²) < 4.78 is 61.0. The molecule has 0 rings (SSSR count). The summed E-state index contributed by atoms with van der Waals surface area (Å²) >= 11 is 0. The molecular formula is C79H126O16P2. The molecule has 0 saturated heterocycles. The van der Waals surface area contributed by atoms with Crippen LogP contribution in [0.1, 0.15) is 239 Å². The maximum Gasteiger partial charge on any atom is 0.472 e. The molecule has 5 unspecified atom stereocenters. The number of hydrogen-bond donors (Lipinski definition) is 4. The molecule has 97 heavy (non-hydrogen) atoms. The number of phosphoric ester groups is 2. The van der Waals surface area contributed by atoms with Crippen LogP contribution in [0.15, 0.2) is 182 Å². The van der Waals surface area contributed by atoms with Gasteiger partial charge in [-0.25, -0.2) is 9.13 Å². The Kier molecular flexibility index (Phi) is 66.6. The van der Waals surface area contributed by atoms with Crippen molar-refractivity contribution in [1.82, 2.24) is 0 Å². The van der Waals surface area contributed by atoms with E-state index in [9.17, 15) is 43.5 Å². The SMILES string of the molecule is CC/C=C\C/C=C\C/C=C\C/C=C\C/C=C\CCCCCCCC(=O)OCC(O)COP(=O)(O)OCC(O)COP(=O)(O)OCC(COC(=O)CCCCCCC/C=C\C/C=C\C/C=C\C/C=C\C/C=C\CC)OC(=O)CCCCC/C=C\C/C=C\C/C=C\C/C=C\C/C=C\CC. The normalized spacial score (nSPS) is 15.2. The first-order valence-electron chi connectivity index (χ1n) is 36.1. The monoisotopic (exact) mass is 1390 g/mol. The Hall–Kier alpha value is -5.35. The summed E-state index contributed by atoms with van der Waals surface area (Å²) in [6.45, 7) is 2.21. The molecule has 0 saturated carbocycles. The van der Waals surface area contributed by atoms with Crippen LogP contribution in [0.4, 0.5) is 0 Å². The average molecular weight is 1390 g/mol. The zero-order chi connectivity index (χ0) is 70.9. The number of rotatable bonds is 66. The molecule has 0 aromatic carbocycles. The predicted octanol–water partition coefficient (Wildman–Crippen LogP) is 20.6. The fourth-order valence-corrected chi connectivity index (χ4v) is 10.3. The number of allylic oxidation sites excluding steroid dienone is 30. The van der Waals surface area contributed by atoms with Gasteiger partial charge in [-0.2, -0.15) is 0 Å². The number of aliphatic hydroxyl groups excluding tert-OH is 2. The average Bonchev–Trinajstić information content (AvgIpc) is 1.90. The molecule has 16 nitrogen and oxygen atoms in total. The summed E-state index contributed by atoms with van der Waals surface area (Å²) in [7, 11) is -9.83. The Morgan fingerprint density at radius 1 is 0.289 bits per heavy atom. The number of aliphatic hydroxyl groups is 2. The number of carbonyl (C=O) groups excluding carboxylic acids is 3. The summed E-state index contributed by atoms with van der Waals surface area (Å²) in [6.07, 6.45) is 89.3. The standard InChI is InChI=1S/C79H126O16P2/c1-4-7-10-13-16-19-22-25-28-31-34-36-39-41-44-47-50-53-56-59-62-65-77(82)89-68-74(80)69-91-96(85,86)92-70-75(81)71-93-97(87,88)94-73-76(95-79(84)67-64-61-58-55-52-49-46-43-38-33-30-27-24-21-18-15-12-9-6-3)72-90-78(83)66-63-60-57-54-51-48-45-42-40-37-35-32-29-26-23-20-17-14-11-8-5-2/h7-12,16-21,25-30,34-38,41-45,49,52,74-76,80-81H,4-6,13-15,22-24,31-33,39-40,46-48,50-51,53-73H2,1-3H3,(H,85,86)(H,87,88)/b10-7-,11-8-,12-9-,19-16-,20-17-,21-18-,28-25-,29-26-,30-27-,36-34-,37-35-,43-38-,44-41-,45-42-,52-49-. The van der Waals surface area contributed by atoms with E-state index in [0.29, 0.717) is 19.3 Å². The molecule has 0 aromatic rings. The highest BCUT2D eigenvalue weighted by Crippen LogP contribution is 2.45. The van der Waals surface area contributed by atoms with Crippen LogP contribution in [0.2, 0.25) is 0 Å². The van der Waals surface area contributed by atoms with E-state index < -0.39 is 91.5 Å². The van der Waals surface area contributed by atoms with Crippen molar-refractivity contribution in [3.8, 4) is 0 Å². The lowest BCUT2D eigenvalue weighted by atomic mass is 10.1. The summed E-state index contributed by atoms with van der Waals surface area (Å²) in [5, 5.41) is 20.6. The molecule has 0 amide bonds. The van der Waals surface area contributed by atoms with Gasteiger partial charge in [0.15, 0.2) is 6.10 Å². The van der Waals surface area contributed by atoms with Crippen molar-refractivity contribution in [3.05, 3.63) is 182 Å². The minimum atomic E-state index is -4.95. The molecule has 0 aromatic heterocycles. The molecule has 0 aliphatic carbocycles. The van der Waals surface area contributed by atoms with Crippen molar-refractivity contribution in [2.24, 2.45) is 0 Å². The summed E-state index contributed by atoms with van der Waals surface area (Å²) in [6, 6.07) is 0. The second kappa shape index (κ2) is 70.5. The summed E-state index contributed by atoms with van der Waals surface area (Å²) in [5.74, 6) is -1.67. The second-order valence-electron chi connectivity index (χ2n) is 23.2. The van der Waals surface area contributed by atoms with Crippen molar-refractivity contribution < 1.29 is 75.8 Å². The maximum atomic E-state index is 13.0. The minimum Gasteiger partial charge on any atom is -0.463 e. The van der Waals surface area contributed by atoms with E-state index in [4.69, 9.17) is 32.3 Å². The Bertz CT molecular complexity index is 2490. The molecule has 0 heterocycles. The van der Waals surface area contributed by atoms with Gasteiger partial charge in [0.05, 0.1) is 26.4 Å². The molecule has 0 bridgehead atoms. The van der Waals surface area contributed by atoms with Gasteiger partial charge in [0.1, 0.15) is 25.4 Å². The van der Waals surface area contributed by atoms with Crippen LogP contribution in [-0.4, -0.2) is 95.9 Å². The molecule has 18 heteroatoms. The van der Waals surface area contributed by atoms with Crippen LogP contribution in [-0.2, 0) is 55.8 Å². The molecule has 4 N–H and O–H groups in total. The van der Waals surface area contributed by atoms with Crippen molar-refractivity contribution in [2.75, 3.05) is 39.6 Å². The lowest BCUT2D eigenvalue weighted by Crippen LogP contribution is -2.30. The zero-order valence-corrected chi connectivity index (χ0v) is 61.2. The van der Waals surface area contributed by atoms with Crippen LogP contribution in [0.3, 0.4) is 0 Å². The third-order valence-electron chi connectivity index (χ3n) is 14.1. The Labute approximate surface area is 585 Å². The first-order valence-corrected chi connectivity index (χ1v) is 39.1. The van der Waals surface area contributed by atoms with Gasteiger partial charge < -0.3 is 34.2 Å². The fraction of sp³-hybridized carbons (Fsp3) is 0.582. The third kappa shape index (κ3) is 71.7. The summed E-state index contributed by atoms with van der Waals surface area (Å²) in [4.78, 5) is 58.6. The zero-order valence-electron chi connectivity index (χ0n) is 59.4. The van der Waals surface area contributed by atoms with Gasteiger partial charge in [-0.1, -0.05) is 248 Å². The molecule has 0 aliphatic rings. The Morgan fingerprint density at radius 3 is 0.825 bits per heavy atom. The van der Waals surface area contributed by atoms with Gasteiger partial charge in [0, 0.05) is 19.3 Å². The first kappa shape index (κ1) is 91.6. The van der Waals surface area contributed by atoms with Crippen LogP contribution in [0.25, 0.3) is 0 Å². The number of ether oxygens (including phenoxy) is 3. The maximum absolute atomic E-state index is 13.0. The van der Waals surface area contributed by atoms with Gasteiger partial charge in [-0.15, -0.1) is 0 Å². The lowest BCUT2D eigenvalue weighted by Gasteiger charge is -2.21. The van der Waals surface area contributed by atoms with Gasteiger partial charge >= 0.3 is 33.6 Å². The molecule has 0 radical (unpaired) electrons. The van der Waals surface area contributed by atoms with E-state index >= 15 is 0 Å². The highest BCUT2D eigenvalue weighted by molar-refractivity contribution is 7.47. The number of unbranched alkanes of at least 4 members (excludes halogenated alkanes) is 13. The number of esters is 3. The van der Waals surface area contributed by atoms with E-state index in [0.717, 1.165) is 180 Å². The lowest BCUT2D eigenvalue weighted by molar-refractivity contribution is -0.161. The first-order chi connectivity index (χ1) is 47.2. The van der Waals surface area contributed by atoms with Crippen LogP contribution >= 0.6 is 15.6 Å². The van der Waals surface area contributed by atoms with E-state index in [2.05, 4.69) is 203 Å². The van der Waals surface area contributed by atoms with Gasteiger partial charge in [0.2, 0.25) is 0 Å². The smallest absolute Gasteiger partial charge is 0.463 e. The van der Waals surface area contributed by atoms with E-state index in [1.807, 2.05) is 0 Å². The molecule has 0 spiro atoms. The molecular weight excluding hydrogens is 1270 g/mol. The van der Waals surface area contributed by atoms with Crippen LogP contribution in [0.5, 0.6) is 0 Å². The Morgan fingerprint density at radius 2 is 0.515 bits per heavy atom. The van der Waals surface area contributed by atoms with E-state index in [-0.39, 0.29) is 19.3 Å². The number of phosphoric acid groups is 2.